The van der Waals surface area contributed by atoms with Crippen molar-refractivity contribution in [3.8, 4) is 17.3 Å². The Hall–Kier alpha value is -2.67. The van der Waals surface area contributed by atoms with E-state index in [1.807, 2.05) is 13.0 Å². The van der Waals surface area contributed by atoms with Gasteiger partial charge in [-0.05, 0) is 55.0 Å². The highest BCUT2D eigenvalue weighted by molar-refractivity contribution is 5.89. The number of nitrogens with zero attached hydrogens (tertiary/aromatic N) is 3. The number of benzene rings is 1. The second-order valence-corrected chi connectivity index (χ2v) is 8.49. The van der Waals surface area contributed by atoms with Crippen molar-refractivity contribution in [1.29, 1.82) is 0 Å². The third-order valence-corrected chi connectivity index (χ3v) is 5.11. The molecule has 2 aromatic heterocycles. The Bertz CT molecular complexity index is 1020. The average molecular weight is 396 g/mol. The Morgan fingerprint density at radius 2 is 2.03 bits per heavy atom. The third-order valence-electron chi connectivity index (χ3n) is 5.11. The molecule has 0 spiro atoms. The van der Waals surface area contributed by atoms with Crippen LogP contribution in [-0.2, 0) is 10.2 Å². The maximum Gasteiger partial charge on any atom is 0.316 e. The van der Waals surface area contributed by atoms with Gasteiger partial charge in [-0.15, -0.1) is 5.10 Å². The predicted molar refractivity (Wildman–Crippen MR) is 112 cm³/mol. The number of nitrogens with one attached hydrogen (secondary N) is 1. The van der Waals surface area contributed by atoms with Gasteiger partial charge in [-0.2, -0.15) is 0 Å². The zero-order valence-corrected chi connectivity index (χ0v) is 17.7. The van der Waals surface area contributed by atoms with Crippen molar-refractivity contribution in [2.24, 2.45) is 0 Å². The van der Waals surface area contributed by atoms with Gasteiger partial charge >= 0.3 is 6.01 Å². The van der Waals surface area contributed by atoms with E-state index in [-0.39, 0.29) is 11.5 Å². The Balaban J connectivity index is 1.76. The molecule has 3 heterocycles. The number of aryl methyl sites for hydroxylation is 1. The van der Waals surface area contributed by atoms with Crippen molar-refractivity contribution in [3.63, 3.8) is 0 Å². The van der Waals surface area contributed by atoms with E-state index in [9.17, 15) is 0 Å². The van der Waals surface area contributed by atoms with Gasteiger partial charge < -0.3 is 19.2 Å². The SMILES string of the molecule is CCOc1cc(C(C)(C)C)c2nc(-c3nnc(N[C@H]4CCOC4)o3)cc(C)c2c1. The molecule has 7 nitrogen and oxygen atoms in total. The summed E-state index contributed by atoms with van der Waals surface area (Å²) in [6.07, 6.45) is 0.933. The molecule has 0 radical (unpaired) electrons. The van der Waals surface area contributed by atoms with E-state index >= 15 is 0 Å². The van der Waals surface area contributed by atoms with Crippen molar-refractivity contribution in [2.75, 3.05) is 25.1 Å². The molecule has 1 saturated heterocycles. The number of rotatable bonds is 5. The quantitative estimate of drug-likeness (QED) is 0.680. The summed E-state index contributed by atoms with van der Waals surface area (Å²) in [7, 11) is 0. The predicted octanol–water partition coefficient (Wildman–Crippen LogP) is 4.49. The second-order valence-electron chi connectivity index (χ2n) is 8.49. The van der Waals surface area contributed by atoms with Gasteiger partial charge in [0.1, 0.15) is 11.4 Å². The lowest BCUT2D eigenvalue weighted by Gasteiger charge is -2.22. The zero-order valence-electron chi connectivity index (χ0n) is 17.7. The van der Waals surface area contributed by atoms with Gasteiger partial charge in [0.25, 0.3) is 5.89 Å². The summed E-state index contributed by atoms with van der Waals surface area (Å²) in [6.45, 7) is 12.6. The van der Waals surface area contributed by atoms with Crippen LogP contribution in [-0.4, -0.2) is 41.0 Å². The van der Waals surface area contributed by atoms with Crippen molar-refractivity contribution < 1.29 is 13.9 Å². The first kappa shape index (κ1) is 19.6. The monoisotopic (exact) mass is 396 g/mol. The van der Waals surface area contributed by atoms with E-state index in [0.717, 1.165) is 40.8 Å². The smallest absolute Gasteiger partial charge is 0.316 e. The van der Waals surface area contributed by atoms with Gasteiger partial charge in [-0.1, -0.05) is 25.9 Å². The Kier molecular flexibility index (Phi) is 5.17. The van der Waals surface area contributed by atoms with Crippen LogP contribution < -0.4 is 10.1 Å². The summed E-state index contributed by atoms with van der Waals surface area (Å²) < 4.78 is 17.0. The molecule has 1 aliphatic heterocycles. The molecule has 7 heteroatoms. The van der Waals surface area contributed by atoms with E-state index in [0.29, 0.717) is 30.8 Å². The van der Waals surface area contributed by atoms with E-state index in [1.54, 1.807) is 0 Å². The normalized spacial score (nSPS) is 17.1. The molecule has 1 N–H and O–H groups in total. The van der Waals surface area contributed by atoms with Crippen LogP contribution >= 0.6 is 0 Å². The summed E-state index contributed by atoms with van der Waals surface area (Å²) in [4.78, 5) is 4.91. The summed E-state index contributed by atoms with van der Waals surface area (Å²) in [5.41, 5.74) is 3.74. The Labute approximate surface area is 170 Å². The van der Waals surface area contributed by atoms with Gasteiger partial charge in [-0.3, -0.25) is 0 Å². The fraction of sp³-hybridized carbons (Fsp3) is 0.500. The van der Waals surface area contributed by atoms with Crippen LogP contribution in [0.3, 0.4) is 0 Å². The van der Waals surface area contributed by atoms with Crippen LogP contribution in [0.4, 0.5) is 6.01 Å². The number of aromatic nitrogens is 3. The molecule has 0 amide bonds. The maximum absolute atomic E-state index is 5.85. The first-order valence-electron chi connectivity index (χ1n) is 10.1. The number of hydrogen-bond acceptors (Lipinski definition) is 7. The molecule has 0 saturated carbocycles. The first-order chi connectivity index (χ1) is 13.8. The van der Waals surface area contributed by atoms with Crippen molar-refractivity contribution >= 4 is 16.9 Å². The Morgan fingerprint density at radius 1 is 1.21 bits per heavy atom. The van der Waals surface area contributed by atoms with Crippen LogP contribution in [0.25, 0.3) is 22.5 Å². The minimum Gasteiger partial charge on any atom is -0.494 e. The molecule has 1 atom stereocenters. The fourth-order valence-electron chi connectivity index (χ4n) is 3.60. The molecule has 1 aromatic carbocycles. The van der Waals surface area contributed by atoms with Gasteiger partial charge in [0.15, 0.2) is 0 Å². The molecule has 1 aliphatic rings. The number of anilines is 1. The topological polar surface area (TPSA) is 82.3 Å². The fourth-order valence-corrected chi connectivity index (χ4v) is 3.60. The largest absolute Gasteiger partial charge is 0.494 e. The van der Waals surface area contributed by atoms with Crippen molar-refractivity contribution in [1.82, 2.24) is 15.2 Å². The van der Waals surface area contributed by atoms with Crippen LogP contribution in [0.15, 0.2) is 22.6 Å². The standard InChI is InChI=1S/C22H28N4O3/c1-6-28-15-10-16-13(2)9-18(24-19(16)17(11-15)22(3,4)5)20-25-26-21(29-20)23-14-7-8-27-12-14/h9-11,14H,6-8,12H2,1-5H3,(H,23,26)/t14-/m0/s1. The van der Waals surface area contributed by atoms with Crippen molar-refractivity contribution in [2.45, 2.75) is 52.5 Å². The van der Waals surface area contributed by atoms with E-state index in [1.165, 1.54) is 0 Å². The van der Waals surface area contributed by atoms with Gasteiger partial charge in [-0.25, -0.2) is 4.98 Å². The average Bonchev–Trinajstić information content (AvgIpc) is 3.33. The molecule has 0 aliphatic carbocycles. The number of fused-ring (bicyclic) bond motifs is 1. The lowest BCUT2D eigenvalue weighted by molar-refractivity contribution is 0.195. The van der Waals surface area contributed by atoms with Crippen LogP contribution in [0.2, 0.25) is 0 Å². The van der Waals surface area contributed by atoms with Crippen LogP contribution in [0.1, 0.15) is 45.2 Å². The maximum atomic E-state index is 5.85. The zero-order chi connectivity index (χ0) is 20.6. The highest BCUT2D eigenvalue weighted by Gasteiger charge is 2.23. The summed E-state index contributed by atoms with van der Waals surface area (Å²) in [6, 6.07) is 6.74. The first-order valence-corrected chi connectivity index (χ1v) is 10.1. The number of ether oxygens (including phenoxy) is 2. The molecule has 3 aromatic rings. The number of pyridine rings is 1. The molecule has 4 rings (SSSR count). The van der Waals surface area contributed by atoms with Crippen LogP contribution in [0.5, 0.6) is 5.75 Å². The van der Waals surface area contributed by atoms with E-state index in [2.05, 4.69) is 55.3 Å². The molecule has 29 heavy (non-hydrogen) atoms. The highest BCUT2D eigenvalue weighted by atomic mass is 16.5. The van der Waals surface area contributed by atoms with Gasteiger partial charge in [0, 0.05) is 12.0 Å². The minimum absolute atomic E-state index is 0.0898. The van der Waals surface area contributed by atoms with Gasteiger partial charge in [0.05, 0.1) is 24.8 Å². The molecule has 0 bridgehead atoms. The van der Waals surface area contributed by atoms with Crippen LogP contribution in [0, 0.1) is 6.92 Å². The lowest BCUT2D eigenvalue weighted by Crippen LogP contribution is -2.18. The van der Waals surface area contributed by atoms with E-state index in [4.69, 9.17) is 18.9 Å². The summed E-state index contributed by atoms with van der Waals surface area (Å²) in [5.74, 6) is 1.27. The van der Waals surface area contributed by atoms with Crippen molar-refractivity contribution in [3.05, 3.63) is 29.3 Å². The number of hydrogen-bond donors (Lipinski definition) is 1. The third kappa shape index (κ3) is 4.05. The molecule has 0 unspecified atom stereocenters. The summed E-state index contributed by atoms with van der Waals surface area (Å²) in [5, 5.41) is 12.6. The molecular formula is C22H28N4O3. The minimum atomic E-state index is -0.0898. The second kappa shape index (κ2) is 7.63. The molecular weight excluding hydrogens is 368 g/mol. The van der Waals surface area contributed by atoms with Gasteiger partial charge in [0.2, 0.25) is 0 Å². The summed E-state index contributed by atoms with van der Waals surface area (Å²) >= 11 is 0. The Morgan fingerprint density at radius 3 is 2.72 bits per heavy atom. The molecule has 1 fully saturated rings. The molecule has 154 valence electrons. The highest BCUT2D eigenvalue weighted by Crippen LogP contribution is 2.36. The lowest BCUT2D eigenvalue weighted by atomic mass is 9.84. The van der Waals surface area contributed by atoms with E-state index < -0.39 is 0 Å².